The van der Waals surface area contributed by atoms with Crippen molar-refractivity contribution in [2.24, 2.45) is 23.2 Å². The van der Waals surface area contributed by atoms with Crippen LogP contribution in [0.3, 0.4) is 0 Å². The number of amides is 1. The van der Waals surface area contributed by atoms with Gasteiger partial charge in [-0.25, -0.2) is 4.79 Å². The van der Waals surface area contributed by atoms with Gasteiger partial charge >= 0.3 is 18.2 Å². The fraction of sp³-hybridized carbons (Fsp3) is 0.841. The smallest absolute Gasteiger partial charge is 0.453 e. The molecule has 1 N–H and O–H groups in total. The molecular weight excluding hydrogens is 748 g/mol. The molecule has 56 heavy (non-hydrogen) atoms. The molecule has 1 aromatic carbocycles. The molecular formula is C44H67F5N2O4S. The van der Waals surface area contributed by atoms with E-state index < -0.39 is 36.1 Å². The van der Waals surface area contributed by atoms with Gasteiger partial charge in [-0.05, 0) is 149 Å². The van der Waals surface area contributed by atoms with Gasteiger partial charge in [0.25, 0.3) is 0 Å². The van der Waals surface area contributed by atoms with E-state index in [1.165, 1.54) is 49.9 Å². The minimum atomic E-state index is -5.55. The number of carbonyl (C=O) groups excluding carboxylic acids is 1. The fourth-order valence-corrected chi connectivity index (χ4v) is 12.6. The summed E-state index contributed by atoms with van der Waals surface area (Å²) in [4.78, 5) is 17.9. The molecule has 2 saturated carbocycles. The van der Waals surface area contributed by atoms with Gasteiger partial charge in [0.1, 0.15) is 17.3 Å². The summed E-state index contributed by atoms with van der Waals surface area (Å²) in [6, 6.07) is 6.95. The molecule has 3 aliphatic carbocycles. The lowest BCUT2D eigenvalue weighted by Crippen LogP contribution is -2.47. The lowest BCUT2D eigenvalue weighted by molar-refractivity contribution is -0.284. The third-order valence-corrected chi connectivity index (χ3v) is 16.1. The Morgan fingerprint density at radius 2 is 1.54 bits per heavy atom. The first-order valence-electron chi connectivity index (χ1n) is 22.1. The number of nitrogens with zero attached hydrogens (tertiary/aromatic N) is 2. The number of unbranched alkanes of at least 4 members (excludes halogenated alkanes) is 6. The van der Waals surface area contributed by atoms with Crippen molar-refractivity contribution < 1.29 is 41.1 Å². The van der Waals surface area contributed by atoms with Crippen molar-refractivity contribution in [3.05, 3.63) is 29.3 Å². The van der Waals surface area contributed by atoms with E-state index in [1.54, 1.807) is 0 Å². The van der Waals surface area contributed by atoms with Crippen LogP contribution in [0.25, 0.3) is 0 Å². The lowest BCUT2D eigenvalue weighted by atomic mass is 9.52. The number of hydrogen-bond donors (Lipinski definition) is 1. The molecule has 7 atom stereocenters. The highest BCUT2D eigenvalue weighted by Gasteiger charge is 2.57. The number of carbonyl (C=O) groups is 1. The molecule has 2 saturated heterocycles. The van der Waals surface area contributed by atoms with Crippen molar-refractivity contribution in [1.29, 1.82) is 0 Å². The number of ether oxygens (including phenoxy) is 1. The van der Waals surface area contributed by atoms with Crippen LogP contribution < -0.4 is 4.74 Å². The summed E-state index contributed by atoms with van der Waals surface area (Å²) >= 11 is -1.37. The third kappa shape index (κ3) is 10.8. The van der Waals surface area contributed by atoms with Gasteiger partial charge in [-0.3, -0.25) is 0 Å². The Bertz CT molecular complexity index is 1400. The number of rotatable bonds is 16. The largest absolute Gasteiger partial charge is 0.616 e. The highest BCUT2D eigenvalue weighted by molar-refractivity contribution is 7.91. The Morgan fingerprint density at radius 3 is 2.23 bits per heavy atom. The predicted octanol–water partition coefficient (Wildman–Crippen LogP) is 10.8. The summed E-state index contributed by atoms with van der Waals surface area (Å²) < 4.78 is 81.4. The van der Waals surface area contributed by atoms with E-state index in [1.807, 2.05) is 11.0 Å². The molecule has 1 aromatic rings. The number of fused-ring (bicyclic) bond motifs is 5. The van der Waals surface area contributed by atoms with Gasteiger partial charge in [-0.2, -0.15) is 22.0 Å². The third-order valence-electron chi connectivity index (χ3n) is 14.6. The second-order valence-electron chi connectivity index (χ2n) is 18.2. The van der Waals surface area contributed by atoms with Crippen molar-refractivity contribution >= 4 is 17.3 Å². The van der Waals surface area contributed by atoms with Crippen LogP contribution in [0.15, 0.2) is 18.2 Å². The van der Waals surface area contributed by atoms with Crippen LogP contribution in [0.2, 0.25) is 0 Å². The maximum Gasteiger partial charge on any atom is 0.453 e. The second kappa shape index (κ2) is 19.6. The first kappa shape index (κ1) is 43.9. The first-order chi connectivity index (χ1) is 26.8. The summed E-state index contributed by atoms with van der Waals surface area (Å²) in [6.07, 6.45) is 12.6. The monoisotopic (exact) mass is 814 g/mol. The number of piperidine rings is 1. The second-order valence-corrected chi connectivity index (χ2v) is 19.9. The van der Waals surface area contributed by atoms with Crippen LogP contribution in [-0.4, -0.2) is 87.5 Å². The molecule has 6 rings (SSSR count). The average molecular weight is 815 g/mol. The Morgan fingerprint density at radius 1 is 0.875 bits per heavy atom. The summed E-state index contributed by atoms with van der Waals surface area (Å²) in [5, 5.41) is 11.1. The molecule has 318 valence electrons. The number of likely N-dealkylation sites (tertiary alicyclic amines) is 2. The molecule has 0 aromatic heterocycles. The van der Waals surface area contributed by atoms with E-state index in [0.717, 1.165) is 103 Å². The van der Waals surface area contributed by atoms with Crippen molar-refractivity contribution in [2.75, 3.05) is 37.7 Å². The Labute approximate surface area is 335 Å². The molecule has 0 radical (unpaired) electrons. The zero-order valence-corrected chi connectivity index (χ0v) is 34.5. The van der Waals surface area contributed by atoms with Crippen LogP contribution in [0.1, 0.15) is 152 Å². The minimum Gasteiger partial charge on any atom is -0.616 e. The van der Waals surface area contributed by atoms with E-state index in [2.05, 4.69) is 24.0 Å². The van der Waals surface area contributed by atoms with E-state index in [9.17, 15) is 36.4 Å². The molecule has 0 spiro atoms. The zero-order chi connectivity index (χ0) is 39.9. The van der Waals surface area contributed by atoms with Crippen molar-refractivity contribution in [3.63, 3.8) is 0 Å². The number of alkyl halides is 5. The maximum absolute atomic E-state index is 13.4. The number of hydrogen-bond acceptors (Lipinski definition) is 5. The van der Waals surface area contributed by atoms with E-state index in [-0.39, 0.29) is 23.4 Å². The van der Waals surface area contributed by atoms with E-state index in [0.29, 0.717) is 47.6 Å². The highest BCUT2D eigenvalue weighted by atomic mass is 32.2. The van der Waals surface area contributed by atoms with Crippen molar-refractivity contribution in [1.82, 2.24) is 9.80 Å². The Kier molecular flexibility index (Phi) is 15.4. The van der Waals surface area contributed by atoms with Gasteiger partial charge < -0.3 is 24.2 Å². The van der Waals surface area contributed by atoms with Crippen LogP contribution in [0, 0.1) is 23.2 Å². The van der Waals surface area contributed by atoms with Crippen molar-refractivity contribution in [3.8, 4) is 5.75 Å². The molecule has 6 nitrogen and oxygen atoms in total. The molecule has 7 unspecified atom stereocenters. The fourth-order valence-electron chi connectivity index (χ4n) is 11.4. The summed E-state index contributed by atoms with van der Waals surface area (Å²) in [6.45, 7) is 6.17. The molecule has 5 aliphatic rings. The normalized spacial score (nSPS) is 29.6. The van der Waals surface area contributed by atoms with E-state index >= 15 is 0 Å². The Balaban J connectivity index is 0.960. The maximum atomic E-state index is 13.4. The SMILES string of the molecule is CC12CCC3c4ccc(OC(=O)N5CCC(N6CCCCCC6)CC5)cc4CC(CCCCCCCCC[S+]([O-])CCCC(F)(F)C(F)(F)F)C3C1CCC2O. The minimum absolute atomic E-state index is 0.0229. The van der Waals surface area contributed by atoms with Gasteiger partial charge in [-0.1, -0.05) is 69.1 Å². The molecule has 0 bridgehead atoms. The van der Waals surface area contributed by atoms with Gasteiger partial charge in [0.2, 0.25) is 0 Å². The van der Waals surface area contributed by atoms with Crippen LogP contribution in [0.4, 0.5) is 26.7 Å². The predicted molar refractivity (Wildman–Crippen MR) is 212 cm³/mol. The van der Waals surface area contributed by atoms with Crippen LogP contribution in [-0.2, 0) is 17.6 Å². The standard InChI is InChI=1S/C44H67F5N2O4S/c1-42-23-19-37-36-16-15-35(55-41(53)51-26-20-34(21-27-51)50-24-10-6-7-11-25-50)31-33(36)30-32(40(37)38(42)17-18-39(42)52)14-9-5-3-2-4-8-12-28-56(54)29-13-22-43(45,46)44(47,48)49/h15-16,31-32,34,37-40,52H,2-14,17-30H2,1H3. The number of aliphatic hydroxyl groups excluding tert-OH is 1. The van der Waals surface area contributed by atoms with Gasteiger partial charge in [-0.15, -0.1) is 0 Å². The number of halogens is 5. The Hall–Kier alpha value is -1.63. The summed E-state index contributed by atoms with van der Waals surface area (Å²) in [5.41, 5.74) is 2.70. The summed E-state index contributed by atoms with van der Waals surface area (Å²) in [5.74, 6) is -1.84. The average Bonchev–Trinajstić information content (AvgIpc) is 3.30. The molecule has 12 heteroatoms. The van der Waals surface area contributed by atoms with E-state index in [4.69, 9.17) is 4.74 Å². The van der Waals surface area contributed by atoms with Crippen LogP contribution >= 0.6 is 0 Å². The summed E-state index contributed by atoms with van der Waals surface area (Å²) in [7, 11) is 0. The number of benzene rings is 1. The topological polar surface area (TPSA) is 76.1 Å². The van der Waals surface area contributed by atoms with Crippen LogP contribution in [0.5, 0.6) is 5.75 Å². The molecule has 2 heterocycles. The van der Waals surface area contributed by atoms with Crippen molar-refractivity contribution in [2.45, 2.75) is 172 Å². The molecule has 1 amide bonds. The highest BCUT2D eigenvalue weighted by Crippen LogP contribution is 2.63. The lowest BCUT2D eigenvalue weighted by Gasteiger charge is -2.53. The number of aliphatic hydroxyl groups is 1. The molecule has 2 aliphatic heterocycles. The first-order valence-corrected chi connectivity index (χ1v) is 23.6. The quantitative estimate of drug-likeness (QED) is 0.102. The molecule has 4 fully saturated rings. The van der Waals surface area contributed by atoms with Gasteiger partial charge in [0.05, 0.1) is 6.10 Å². The zero-order valence-electron chi connectivity index (χ0n) is 33.7. The van der Waals surface area contributed by atoms with Gasteiger partial charge in [0, 0.05) is 25.6 Å². The van der Waals surface area contributed by atoms with Gasteiger partial charge in [0.15, 0.2) is 0 Å².